The Bertz CT molecular complexity index is 1140. The molecule has 0 fully saturated rings. The number of hydrogen-bond donors (Lipinski definition) is 1. The number of amides is 1. The monoisotopic (exact) mass is 417 g/mol. The molecular weight excluding hydrogens is 390 g/mol. The van der Waals surface area contributed by atoms with E-state index in [0.717, 1.165) is 46.6 Å². The number of nitrogens with one attached hydrogen (secondary N) is 1. The molecule has 0 aliphatic rings. The Balaban J connectivity index is 1.40. The van der Waals surface area contributed by atoms with Gasteiger partial charge in [0, 0.05) is 13.0 Å². The number of para-hydroxylation sites is 3. The number of imidazole rings is 1. The first-order valence-electron chi connectivity index (χ1n) is 10.6. The van der Waals surface area contributed by atoms with Crippen molar-refractivity contribution in [1.82, 2.24) is 14.9 Å². The maximum absolute atomic E-state index is 12.0. The second-order valence-corrected chi connectivity index (χ2v) is 7.57. The first-order chi connectivity index (χ1) is 15.1. The highest BCUT2D eigenvalue weighted by Gasteiger charge is 2.12. The average Bonchev–Trinajstić information content (AvgIpc) is 3.42. The van der Waals surface area contributed by atoms with Crippen molar-refractivity contribution in [3.05, 3.63) is 83.6 Å². The Labute approximate surface area is 181 Å². The molecule has 0 atom stereocenters. The first-order valence-corrected chi connectivity index (χ1v) is 10.6. The van der Waals surface area contributed by atoms with Gasteiger partial charge in [0.15, 0.2) is 5.76 Å². The van der Waals surface area contributed by atoms with E-state index >= 15 is 0 Å². The summed E-state index contributed by atoms with van der Waals surface area (Å²) in [6.07, 6.45) is 3.04. The molecule has 2 aromatic heterocycles. The highest BCUT2D eigenvalue weighted by atomic mass is 16.5. The fraction of sp³-hybridized carbons (Fsp3) is 0.280. The molecule has 31 heavy (non-hydrogen) atoms. The van der Waals surface area contributed by atoms with Crippen LogP contribution in [0.3, 0.4) is 0 Å². The van der Waals surface area contributed by atoms with Crippen molar-refractivity contribution in [2.24, 2.45) is 0 Å². The van der Waals surface area contributed by atoms with E-state index in [9.17, 15) is 4.79 Å². The number of furan rings is 1. The summed E-state index contributed by atoms with van der Waals surface area (Å²) in [6.45, 7) is 5.97. The summed E-state index contributed by atoms with van der Waals surface area (Å²) >= 11 is 0. The maximum Gasteiger partial charge on any atom is 0.286 e. The largest absolute Gasteiger partial charge is 0.491 e. The smallest absolute Gasteiger partial charge is 0.286 e. The SMILES string of the molecule is Cc1cccc(C)c1OCCn1c(CCCNC(=O)c2ccco2)nc2ccccc21. The number of nitrogens with zero attached hydrogens (tertiary/aromatic N) is 2. The van der Waals surface area contributed by atoms with E-state index in [-0.39, 0.29) is 5.91 Å². The first kappa shape index (κ1) is 20.7. The molecule has 0 radical (unpaired) electrons. The van der Waals surface area contributed by atoms with Crippen molar-refractivity contribution in [3.63, 3.8) is 0 Å². The highest BCUT2D eigenvalue weighted by Crippen LogP contribution is 2.23. The van der Waals surface area contributed by atoms with Crippen LogP contribution in [0.2, 0.25) is 0 Å². The number of hydrogen-bond acceptors (Lipinski definition) is 4. The van der Waals surface area contributed by atoms with Gasteiger partial charge >= 0.3 is 0 Å². The summed E-state index contributed by atoms with van der Waals surface area (Å²) in [4.78, 5) is 16.8. The van der Waals surface area contributed by atoms with Crippen LogP contribution in [0.25, 0.3) is 11.0 Å². The van der Waals surface area contributed by atoms with E-state index in [4.69, 9.17) is 14.1 Å². The van der Waals surface area contributed by atoms with E-state index in [0.29, 0.717) is 25.5 Å². The number of ether oxygens (including phenoxy) is 1. The zero-order valence-electron chi connectivity index (χ0n) is 17.9. The van der Waals surface area contributed by atoms with Gasteiger partial charge in [-0.15, -0.1) is 0 Å². The normalized spacial score (nSPS) is 11.0. The van der Waals surface area contributed by atoms with Gasteiger partial charge in [0.25, 0.3) is 5.91 Å². The summed E-state index contributed by atoms with van der Waals surface area (Å²) in [7, 11) is 0. The maximum atomic E-state index is 12.0. The van der Waals surface area contributed by atoms with Crippen LogP contribution in [0.15, 0.2) is 65.3 Å². The molecule has 160 valence electrons. The Morgan fingerprint density at radius 1 is 1.06 bits per heavy atom. The number of carbonyl (C=O) groups is 1. The Morgan fingerprint density at radius 3 is 2.65 bits per heavy atom. The Morgan fingerprint density at radius 2 is 1.87 bits per heavy atom. The van der Waals surface area contributed by atoms with Gasteiger partial charge in [-0.3, -0.25) is 4.79 Å². The molecule has 0 saturated carbocycles. The lowest BCUT2D eigenvalue weighted by atomic mass is 10.1. The number of rotatable bonds is 9. The lowest BCUT2D eigenvalue weighted by Crippen LogP contribution is -2.24. The molecule has 1 amide bonds. The fourth-order valence-electron chi connectivity index (χ4n) is 3.77. The molecule has 0 saturated heterocycles. The number of carbonyl (C=O) groups excluding carboxylic acids is 1. The molecular formula is C25H27N3O3. The van der Waals surface area contributed by atoms with Crippen molar-refractivity contribution in [2.75, 3.05) is 13.2 Å². The predicted octanol–water partition coefficient (Wildman–Crippen LogP) is 4.69. The zero-order valence-corrected chi connectivity index (χ0v) is 17.9. The minimum absolute atomic E-state index is 0.194. The van der Waals surface area contributed by atoms with Crippen LogP contribution in [0.5, 0.6) is 5.75 Å². The zero-order chi connectivity index (χ0) is 21.6. The van der Waals surface area contributed by atoms with Gasteiger partial charge in [-0.25, -0.2) is 4.98 Å². The second kappa shape index (κ2) is 9.51. The molecule has 1 N–H and O–H groups in total. The van der Waals surface area contributed by atoms with E-state index in [1.165, 1.54) is 6.26 Å². The lowest BCUT2D eigenvalue weighted by molar-refractivity contribution is 0.0925. The molecule has 4 aromatic rings. The molecule has 4 rings (SSSR count). The predicted molar refractivity (Wildman–Crippen MR) is 121 cm³/mol. The van der Waals surface area contributed by atoms with Crippen LogP contribution in [0.4, 0.5) is 0 Å². The number of aromatic nitrogens is 2. The molecule has 2 heterocycles. The van der Waals surface area contributed by atoms with Crippen LogP contribution in [0, 0.1) is 13.8 Å². The van der Waals surface area contributed by atoms with Crippen LogP contribution < -0.4 is 10.1 Å². The van der Waals surface area contributed by atoms with E-state index < -0.39 is 0 Å². The Hall–Kier alpha value is -3.54. The molecule has 6 heteroatoms. The standard InChI is InChI=1S/C25H27N3O3/c1-18-8-5-9-19(2)24(18)31-17-15-28-21-11-4-3-10-20(21)27-23(28)13-6-14-26-25(29)22-12-7-16-30-22/h3-5,7-12,16H,6,13-15,17H2,1-2H3,(H,26,29). The molecule has 0 spiro atoms. The van der Waals surface area contributed by atoms with Crippen LogP contribution >= 0.6 is 0 Å². The van der Waals surface area contributed by atoms with Gasteiger partial charge in [-0.1, -0.05) is 30.3 Å². The molecule has 0 unspecified atom stereocenters. The summed E-state index contributed by atoms with van der Waals surface area (Å²) in [5.41, 5.74) is 4.36. The number of benzene rings is 2. The van der Waals surface area contributed by atoms with E-state index in [1.54, 1.807) is 12.1 Å². The van der Waals surface area contributed by atoms with Gasteiger partial charge in [0.1, 0.15) is 18.2 Å². The van der Waals surface area contributed by atoms with E-state index in [1.807, 2.05) is 24.3 Å². The third kappa shape index (κ3) is 4.79. The Kier molecular flexibility index (Phi) is 6.36. The second-order valence-electron chi connectivity index (χ2n) is 7.57. The van der Waals surface area contributed by atoms with Crippen molar-refractivity contribution in [3.8, 4) is 5.75 Å². The van der Waals surface area contributed by atoms with E-state index in [2.05, 4.69) is 41.9 Å². The highest BCUT2D eigenvalue weighted by molar-refractivity contribution is 5.91. The third-order valence-corrected chi connectivity index (χ3v) is 5.31. The fourth-order valence-corrected chi connectivity index (χ4v) is 3.77. The lowest BCUT2D eigenvalue weighted by Gasteiger charge is -2.14. The van der Waals surface area contributed by atoms with Gasteiger partial charge < -0.3 is 19.0 Å². The van der Waals surface area contributed by atoms with Crippen molar-refractivity contribution >= 4 is 16.9 Å². The summed E-state index contributed by atoms with van der Waals surface area (Å²) in [5, 5.41) is 2.89. The minimum Gasteiger partial charge on any atom is -0.491 e. The molecule has 6 nitrogen and oxygen atoms in total. The molecule has 2 aromatic carbocycles. The quantitative estimate of drug-likeness (QED) is 0.401. The molecule has 0 aliphatic heterocycles. The van der Waals surface area contributed by atoms with Gasteiger partial charge in [0.05, 0.1) is 23.8 Å². The van der Waals surface area contributed by atoms with Crippen LogP contribution in [0.1, 0.15) is 33.9 Å². The van der Waals surface area contributed by atoms with Gasteiger partial charge in [-0.2, -0.15) is 0 Å². The van der Waals surface area contributed by atoms with Crippen molar-refractivity contribution < 1.29 is 13.9 Å². The van der Waals surface area contributed by atoms with Gasteiger partial charge in [-0.05, 0) is 55.7 Å². The van der Waals surface area contributed by atoms with Crippen LogP contribution in [-0.2, 0) is 13.0 Å². The summed E-state index contributed by atoms with van der Waals surface area (Å²) in [6, 6.07) is 17.7. The molecule has 0 bridgehead atoms. The number of aryl methyl sites for hydroxylation is 3. The van der Waals surface area contributed by atoms with Crippen molar-refractivity contribution in [1.29, 1.82) is 0 Å². The topological polar surface area (TPSA) is 69.3 Å². The molecule has 0 aliphatic carbocycles. The average molecular weight is 418 g/mol. The minimum atomic E-state index is -0.194. The van der Waals surface area contributed by atoms with Crippen LogP contribution in [-0.4, -0.2) is 28.6 Å². The summed E-state index contributed by atoms with van der Waals surface area (Å²) in [5.74, 6) is 2.09. The summed E-state index contributed by atoms with van der Waals surface area (Å²) < 4.78 is 13.5. The number of fused-ring (bicyclic) bond motifs is 1. The van der Waals surface area contributed by atoms with Crippen molar-refractivity contribution in [2.45, 2.75) is 33.2 Å². The van der Waals surface area contributed by atoms with Gasteiger partial charge in [0.2, 0.25) is 0 Å². The third-order valence-electron chi connectivity index (χ3n) is 5.31.